The minimum absolute atomic E-state index is 0.136. The number of methoxy groups -OCH3 is 2. The monoisotopic (exact) mass is 349 g/mol. The molecule has 1 aromatic carbocycles. The number of fused-ring (bicyclic) bond motifs is 1. The molecular weight excluding hydrogens is 337 g/mol. The van der Waals surface area contributed by atoms with Crippen LogP contribution < -0.4 is 14.8 Å². The number of rotatable bonds is 4. The van der Waals surface area contributed by atoms with E-state index in [1.807, 2.05) is 0 Å². The smallest absolute Gasteiger partial charge is 0.275 e. The molecule has 8 heteroatoms. The fourth-order valence-electron chi connectivity index (χ4n) is 2.22. The Balaban J connectivity index is 1.93. The summed E-state index contributed by atoms with van der Waals surface area (Å²) in [6, 6.07) is 5.85. The van der Waals surface area contributed by atoms with Crippen LogP contribution in [0.15, 0.2) is 36.7 Å². The van der Waals surface area contributed by atoms with Gasteiger partial charge in [0.05, 0.1) is 24.9 Å². The molecule has 124 valence electrons. The molecule has 0 unspecified atom stereocenters. The van der Waals surface area contributed by atoms with Crippen molar-refractivity contribution in [1.82, 2.24) is 9.38 Å². The van der Waals surface area contributed by atoms with Gasteiger partial charge in [0.15, 0.2) is 0 Å². The Labute approximate surface area is 141 Å². The van der Waals surface area contributed by atoms with Gasteiger partial charge in [-0.05, 0) is 12.1 Å². The van der Waals surface area contributed by atoms with E-state index < -0.39 is 11.7 Å². The number of imidazole rings is 1. The molecular formula is C16H13ClFN3O3. The fourth-order valence-corrected chi connectivity index (χ4v) is 2.45. The van der Waals surface area contributed by atoms with Crippen molar-refractivity contribution in [1.29, 1.82) is 0 Å². The van der Waals surface area contributed by atoms with Crippen LogP contribution in [0.25, 0.3) is 5.65 Å². The summed E-state index contributed by atoms with van der Waals surface area (Å²) in [5, 5.41) is 3.04. The maximum atomic E-state index is 13.2. The maximum Gasteiger partial charge on any atom is 0.275 e. The third kappa shape index (κ3) is 2.98. The average Bonchev–Trinajstić information content (AvgIpc) is 2.99. The number of pyridine rings is 1. The summed E-state index contributed by atoms with van der Waals surface area (Å²) in [7, 11) is 2.93. The van der Waals surface area contributed by atoms with Crippen molar-refractivity contribution in [3.63, 3.8) is 0 Å². The van der Waals surface area contributed by atoms with E-state index in [2.05, 4.69) is 10.3 Å². The second kappa shape index (κ2) is 6.37. The van der Waals surface area contributed by atoms with E-state index in [1.54, 1.807) is 6.07 Å². The zero-order valence-corrected chi connectivity index (χ0v) is 13.6. The van der Waals surface area contributed by atoms with Crippen LogP contribution in [0.1, 0.15) is 10.5 Å². The van der Waals surface area contributed by atoms with Crippen LogP contribution in [0, 0.1) is 5.82 Å². The number of nitrogens with zero attached hydrogens (tertiary/aromatic N) is 2. The van der Waals surface area contributed by atoms with Crippen LogP contribution >= 0.6 is 11.6 Å². The molecule has 0 aliphatic carbocycles. The van der Waals surface area contributed by atoms with Gasteiger partial charge in [0.1, 0.15) is 28.7 Å². The highest BCUT2D eigenvalue weighted by Crippen LogP contribution is 2.36. The molecule has 0 radical (unpaired) electrons. The summed E-state index contributed by atoms with van der Waals surface area (Å²) in [5.74, 6) is -0.119. The Hall–Kier alpha value is -2.80. The highest BCUT2D eigenvalue weighted by molar-refractivity contribution is 6.32. The molecule has 3 aromatic rings. The van der Waals surface area contributed by atoms with Crippen molar-refractivity contribution < 1.29 is 18.7 Å². The zero-order chi connectivity index (χ0) is 17.3. The molecule has 0 atom stereocenters. The molecule has 2 heterocycles. The van der Waals surface area contributed by atoms with Crippen molar-refractivity contribution in [3.8, 4) is 11.5 Å². The van der Waals surface area contributed by atoms with Gasteiger partial charge in [-0.1, -0.05) is 11.6 Å². The first kappa shape index (κ1) is 16.1. The number of aromatic nitrogens is 2. The molecule has 0 bridgehead atoms. The van der Waals surface area contributed by atoms with E-state index in [0.29, 0.717) is 27.9 Å². The van der Waals surface area contributed by atoms with Crippen LogP contribution in [0.4, 0.5) is 10.1 Å². The highest BCUT2D eigenvalue weighted by Gasteiger charge is 2.16. The number of carbonyl (C=O) groups excluding carboxylic acids is 1. The lowest BCUT2D eigenvalue weighted by Gasteiger charge is -2.12. The van der Waals surface area contributed by atoms with Gasteiger partial charge in [-0.2, -0.15) is 0 Å². The van der Waals surface area contributed by atoms with Gasteiger partial charge in [0, 0.05) is 24.5 Å². The minimum Gasteiger partial charge on any atom is -0.495 e. The number of amides is 1. The van der Waals surface area contributed by atoms with E-state index in [4.69, 9.17) is 21.1 Å². The molecule has 6 nitrogen and oxygen atoms in total. The van der Waals surface area contributed by atoms with Crippen LogP contribution in [0.2, 0.25) is 5.02 Å². The van der Waals surface area contributed by atoms with E-state index >= 15 is 0 Å². The largest absolute Gasteiger partial charge is 0.495 e. The average molecular weight is 350 g/mol. The van der Waals surface area contributed by atoms with Crippen LogP contribution in [0.5, 0.6) is 11.5 Å². The third-order valence-corrected chi connectivity index (χ3v) is 3.67. The summed E-state index contributed by atoms with van der Waals surface area (Å²) in [6.07, 6.45) is 2.68. The summed E-state index contributed by atoms with van der Waals surface area (Å²) < 4.78 is 25.0. The van der Waals surface area contributed by atoms with Crippen LogP contribution in [0.3, 0.4) is 0 Å². The van der Waals surface area contributed by atoms with Crippen LogP contribution in [-0.4, -0.2) is 29.5 Å². The molecule has 1 N–H and O–H groups in total. The van der Waals surface area contributed by atoms with Gasteiger partial charge in [-0.15, -0.1) is 0 Å². The van der Waals surface area contributed by atoms with Crippen LogP contribution in [-0.2, 0) is 0 Å². The lowest BCUT2D eigenvalue weighted by molar-refractivity contribution is 0.102. The Morgan fingerprint density at radius 2 is 1.96 bits per heavy atom. The molecule has 24 heavy (non-hydrogen) atoms. The molecule has 0 aliphatic rings. The third-order valence-electron chi connectivity index (χ3n) is 3.37. The van der Waals surface area contributed by atoms with Crippen molar-refractivity contribution >= 4 is 28.8 Å². The molecule has 0 saturated carbocycles. The van der Waals surface area contributed by atoms with Gasteiger partial charge >= 0.3 is 0 Å². The number of hydrogen-bond acceptors (Lipinski definition) is 4. The molecule has 0 fully saturated rings. The quantitative estimate of drug-likeness (QED) is 0.784. The first-order valence-electron chi connectivity index (χ1n) is 6.89. The van der Waals surface area contributed by atoms with E-state index in [9.17, 15) is 9.18 Å². The molecule has 0 aliphatic heterocycles. The number of ether oxygens (including phenoxy) is 2. The van der Waals surface area contributed by atoms with E-state index in [-0.39, 0.29) is 5.69 Å². The number of carbonyl (C=O) groups is 1. The first-order chi connectivity index (χ1) is 11.5. The topological polar surface area (TPSA) is 64.9 Å². The number of anilines is 1. The van der Waals surface area contributed by atoms with Gasteiger partial charge in [-0.25, -0.2) is 9.37 Å². The normalized spacial score (nSPS) is 10.7. The molecule has 3 rings (SSSR count). The van der Waals surface area contributed by atoms with Gasteiger partial charge in [0.25, 0.3) is 5.91 Å². The van der Waals surface area contributed by atoms with Gasteiger partial charge in [0.2, 0.25) is 0 Å². The Bertz CT molecular complexity index is 926. The first-order valence-corrected chi connectivity index (χ1v) is 7.26. The van der Waals surface area contributed by atoms with E-state index in [0.717, 1.165) is 0 Å². The summed E-state index contributed by atoms with van der Waals surface area (Å²) in [5.41, 5.74) is 0.978. The summed E-state index contributed by atoms with van der Waals surface area (Å²) in [6.45, 7) is 0. The van der Waals surface area contributed by atoms with Gasteiger partial charge < -0.3 is 19.2 Å². The number of benzene rings is 1. The number of nitrogens with one attached hydrogen (secondary N) is 1. The number of halogens is 2. The van der Waals surface area contributed by atoms with E-state index in [1.165, 1.54) is 49.2 Å². The molecule has 0 saturated heterocycles. The lowest BCUT2D eigenvalue weighted by atomic mass is 10.2. The molecule has 0 spiro atoms. The Morgan fingerprint density at radius 1 is 1.21 bits per heavy atom. The van der Waals surface area contributed by atoms with Crippen molar-refractivity contribution in [2.45, 2.75) is 0 Å². The van der Waals surface area contributed by atoms with Crippen molar-refractivity contribution in [2.75, 3.05) is 19.5 Å². The number of hydrogen-bond donors (Lipinski definition) is 1. The Morgan fingerprint density at radius 3 is 2.67 bits per heavy atom. The fraction of sp³-hybridized carbons (Fsp3) is 0.125. The SMILES string of the molecule is COc1cc(NC(=O)c2cn3cc(F)ccc3n2)c(OC)cc1Cl. The second-order valence-corrected chi connectivity index (χ2v) is 5.29. The predicted molar refractivity (Wildman–Crippen MR) is 87.7 cm³/mol. The molecule has 1 amide bonds. The lowest BCUT2D eigenvalue weighted by Crippen LogP contribution is -2.13. The van der Waals surface area contributed by atoms with Crippen molar-refractivity contribution in [3.05, 3.63) is 53.2 Å². The predicted octanol–water partition coefficient (Wildman–Crippen LogP) is 3.40. The maximum absolute atomic E-state index is 13.2. The minimum atomic E-state index is -0.471. The standard InChI is InChI=1S/C16H13ClFN3O3/c1-23-13-6-11(14(24-2)5-10(13)17)20-16(22)12-8-21-7-9(18)3-4-15(21)19-12/h3-8H,1-2H3,(H,20,22). The summed E-state index contributed by atoms with van der Waals surface area (Å²) >= 11 is 6.03. The zero-order valence-electron chi connectivity index (χ0n) is 12.8. The highest BCUT2D eigenvalue weighted by atomic mass is 35.5. The second-order valence-electron chi connectivity index (χ2n) is 4.88. The Kier molecular flexibility index (Phi) is 4.26. The van der Waals surface area contributed by atoms with Gasteiger partial charge in [-0.3, -0.25) is 4.79 Å². The molecule has 2 aromatic heterocycles. The summed E-state index contributed by atoms with van der Waals surface area (Å²) in [4.78, 5) is 16.6. The van der Waals surface area contributed by atoms with Crippen molar-refractivity contribution in [2.24, 2.45) is 0 Å².